The molecule has 2 heterocycles. The minimum absolute atomic E-state index is 0.554. The lowest BCUT2D eigenvalue weighted by Gasteiger charge is -2.06. The highest BCUT2D eigenvalue weighted by Gasteiger charge is 1.96. The van der Waals surface area contributed by atoms with Crippen LogP contribution in [-0.2, 0) is 6.54 Å². The molecule has 0 atom stereocenters. The predicted molar refractivity (Wildman–Crippen MR) is 69.8 cm³/mol. The van der Waals surface area contributed by atoms with Crippen molar-refractivity contribution in [3.8, 4) is 0 Å². The van der Waals surface area contributed by atoms with Crippen molar-refractivity contribution in [2.45, 2.75) is 19.4 Å². The maximum absolute atomic E-state index is 5.26. The number of nitrogen functional groups attached to an aromatic ring is 1. The van der Waals surface area contributed by atoms with E-state index in [0.29, 0.717) is 5.82 Å². The second-order valence-electron chi connectivity index (χ2n) is 3.87. The molecule has 4 N–H and O–H groups in total. The average molecular weight is 247 g/mol. The van der Waals surface area contributed by atoms with E-state index in [-0.39, 0.29) is 0 Å². The molecule has 96 valence electrons. The van der Waals surface area contributed by atoms with Crippen molar-refractivity contribution in [1.82, 2.24) is 19.5 Å². The van der Waals surface area contributed by atoms with Crippen LogP contribution in [0.25, 0.3) is 0 Å². The monoisotopic (exact) mass is 247 g/mol. The summed E-state index contributed by atoms with van der Waals surface area (Å²) in [5.74, 6) is 6.54. The molecule has 18 heavy (non-hydrogen) atoms. The molecule has 0 saturated carbocycles. The van der Waals surface area contributed by atoms with Gasteiger partial charge in [-0.3, -0.25) is 4.98 Å². The van der Waals surface area contributed by atoms with Crippen molar-refractivity contribution >= 4 is 11.6 Å². The molecule has 0 bridgehead atoms. The first-order valence-corrected chi connectivity index (χ1v) is 5.87. The topological polar surface area (TPSA) is 93.7 Å². The summed E-state index contributed by atoms with van der Waals surface area (Å²) in [5, 5.41) is 3.21. The number of hydrazine groups is 1. The van der Waals surface area contributed by atoms with Gasteiger partial charge in [0.25, 0.3) is 0 Å². The summed E-state index contributed by atoms with van der Waals surface area (Å²) in [6, 6.07) is 0. The van der Waals surface area contributed by atoms with Crippen LogP contribution in [0.3, 0.4) is 0 Å². The Labute approximate surface area is 105 Å². The van der Waals surface area contributed by atoms with Crippen LogP contribution in [0.2, 0.25) is 0 Å². The summed E-state index contributed by atoms with van der Waals surface area (Å²) in [4.78, 5) is 12.2. The normalized spacial score (nSPS) is 10.3. The number of hydrogen-bond acceptors (Lipinski definition) is 6. The lowest BCUT2D eigenvalue weighted by atomic mass is 10.3. The molecule has 0 spiro atoms. The summed E-state index contributed by atoms with van der Waals surface area (Å²) in [6.07, 6.45) is 11.0. The number of nitrogens with one attached hydrogen (secondary N) is 2. The Morgan fingerprint density at radius 3 is 2.83 bits per heavy atom. The summed E-state index contributed by atoms with van der Waals surface area (Å²) >= 11 is 0. The van der Waals surface area contributed by atoms with Crippen LogP contribution >= 0.6 is 0 Å². The smallest absolute Gasteiger partial charge is 0.160 e. The molecule has 7 nitrogen and oxygen atoms in total. The van der Waals surface area contributed by atoms with Crippen molar-refractivity contribution in [2.24, 2.45) is 5.84 Å². The minimum Gasteiger partial charge on any atom is -0.369 e. The summed E-state index contributed by atoms with van der Waals surface area (Å²) < 4.78 is 2.07. The second-order valence-corrected chi connectivity index (χ2v) is 3.87. The average Bonchev–Trinajstić information content (AvgIpc) is 2.92. The van der Waals surface area contributed by atoms with E-state index in [1.807, 2.05) is 12.5 Å². The van der Waals surface area contributed by atoms with Crippen LogP contribution in [0.4, 0.5) is 11.6 Å². The number of hydrogen-bond donors (Lipinski definition) is 3. The van der Waals surface area contributed by atoms with E-state index in [9.17, 15) is 0 Å². The van der Waals surface area contributed by atoms with Gasteiger partial charge < -0.3 is 15.3 Å². The molecule has 0 amide bonds. The van der Waals surface area contributed by atoms with E-state index in [1.54, 1.807) is 18.6 Å². The molecule has 2 aromatic heterocycles. The number of anilines is 2. The first kappa shape index (κ1) is 12.3. The Hall–Kier alpha value is -2.15. The third-order valence-electron chi connectivity index (χ3n) is 2.49. The van der Waals surface area contributed by atoms with Crippen molar-refractivity contribution in [3.63, 3.8) is 0 Å². The first-order chi connectivity index (χ1) is 8.88. The molecule has 2 rings (SSSR count). The fourth-order valence-electron chi connectivity index (χ4n) is 1.58. The lowest BCUT2D eigenvalue weighted by Crippen LogP contribution is -2.11. The molecule has 0 aliphatic heterocycles. The Morgan fingerprint density at radius 2 is 2.06 bits per heavy atom. The van der Waals surface area contributed by atoms with E-state index in [4.69, 9.17) is 5.84 Å². The number of imidazole rings is 1. The molecular weight excluding hydrogens is 230 g/mol. The second kappa shape index (κ2) is 6.55. The highest BCUT2D eigenvalue weighted by Crippen LogP contribution is 2.05. The quantitative estimate of drug-likeness (QED) is 0.381. The summed E-state index contributed by atoms with van der Waals surface area (Å²) in [7, 11) is 0. The predicted octanol–water partition coefficient (Wildman–Crippen LogP) is 0.851. The van der Waals surface area contributed by atoms with E-state index < -0.39 is 0 Å². The maximum atomic E-state index is 5.26. The first-order valence-electron chi connectivity index (χ1n) is 5.87. The number of rotatable bonds is 7. The van der Waals surface area contributed by atoms with Gasteiger partial charge in [0.15, 0.2) is 5.82 Å². The molecule has 0 radical (unpaired) electrons. The van der Waals surface area contributed by atoms with Gasteiger partial charge in [-0.1, -0.05) is 0 Å². The van der Waals surface area contributed by atoms with Gasteiger partial charge in [-0.05, 0) is 12.8 Å². The van der Waals surface area contributed by atoms with Gasteiger partial charge in [-0.2, -0.15) is 0 Å². The van der Waals surface area contributed by atoms with Gasteiger partial charge in [-0.25, -0.2) is 15.8 Å². The Balaban J connectivity index is 1.65. The Bertz CT molecular complexity index is 454. The third-order valence-corrected chi connectivity index (χ3v) is 2.49. The molecule has 0 aliphatic rings. The zero-order chi connectivity index (χ0) is 12.6. The van der Waals surface area contributed by atoms with E-state index in [2.05, 4.69) is 30.3 Å². The van der Waals surface area contributed by atoms with Crippen molar-refractivity contribution in [2.75, 3.05) is 17.3 Å². The SMILES string of the molecule is NNc1cncc(NCCCCn2ccnc2)n1. The Kier molecular flexibility index (Phi) is 4.48. The molecule has 2 aromatic rings. The lowest BCUT2D eigenvalue weighted by molar-refractivity contribution is 0.620. The molecule has 0 aromatic carbocycles. The fraction of sp³-hybridized carbons (Fsp3) is 0.364. The van der Waals surface area contributed by atoms with E-state index in [0.717, 1.165) is 31.7 Å². The van der Waals surface area contributed by atoms with E-state index >= 15 is 0 Å². The number of unbranched alkanes of at least 4 members (excludes halogenated alkanes) is 1. The standard InChI is InChI=1S/C11H17N7/c12-17-11-8-14-7-10(16-11)15-3-1-2-5-18-6-4-13-9-18/h4,6-9H,1-3,5,12H2,(H2,15,16,17). The largest absolute Gasteiger partial charge is 0.369 e. The van der Waals surface area contributed by atoms with Crippen LogP contribution < -0.4 is 16.6 Å². The van der Waals surface area contributed by atoms with Gasteiger partial charge >= 0.3 is 0 Å². The number of aromatic nitrogens is 4. The third kappa shape index (κ3) is 3.70. The molecule has 0 fully saturated rings. The van der Waals surface area contributed by atoms with Crippen LogP contribution in [0.15, 0.2) is 31.1 Å². The zero-order valence-corrected chi connectivity index (χ0v) is 10.1. The highest BCUT2D eigenvalue weighted by atomic mass is 15.3. The van der Waals surface area contributed by atoms with Crippen LogP contribution in [0.5, 0.6) is 0 Å². The van der Waals surface area contributed by atoms with Gasteiger partial charge in [-0.15, -0.1) is 0 Å². The number of aryl methyl sites for hydroxylation is 1. The summed E-state index contributed by atoms with van der Waals surface area (Å²) in [5.41, 5.74) is 2.46. The van der Waals surface area contributed by atoms with Crippen LogP contribution in [-0.4, -0.2) is 26.1 Å². The Morgan fingerprint density at radius 1 is 1.17 bits per heavy atom. The molecule has 0 unspecified atom stereocenters. The molecule has 0 saturated heterocycles. The molecular formula is C11H17N7. The molecule has 0 aliphatic carbocycles. The van der Waals surface area contributed by atoms with Crippen molar-refractivity contribution in [1.29, 1.82) is 0 Å². The number of nitrogens with zero attached hydrogens (tertiary/aromatic N) is 4. The van der Waals surface area contributed by atoms with Gasteiger partial charge in [0, 0.05) is 25.5 Å². The highest BCUT2D eigenvalue weighted by molar-refractivity contribution is 5.40. The minimum atomic E-state index is 0.554. The summed E-state index contributed by atoms with van der Waals surface area (Å²) in [6.45, 7) is 1.84. The van der Waals surface area contributed by atoms with Crippen molar-refractivity contribution < 1.29 is 0 Å². The van der Waals surface area contributed by atoms with Gasteiger partial charge in [0.2, 0.25) is 0 Å². The number of nitrogens with two attached hydrogens (primary N) is 1. The van der Waals surface area contributed by atoms with E-state index in [1.165, 1.54) is 0 Å². The van der Waals surface area contributed by atoms with Crippen molar-refractivity contribution in [3.05, 3.63) is 31.1 Å². The zero-order valence-electron chi connectivity index (χ0n) is 10.1. The molecule has 7 heteroatoms. The van der Waals surface area contributed by atoms with Gasteiger partial charge in [0.1, 0.15) is 5.82 Å². The fourth-order valence-corrected chi connectivity index (χ4v) is 1.58. The van der Waals surface area contributed by atoms with Crippen LogP contribution in [0.1, 0.15) is 12.8 Å². The van der Waals surface area contributed by atoms with Gasteiger partial charge in [0.05, 0.1) is 18.7 Å². The van der Waals surface area contributed by atoms with Crippen LogP contribution in [0, 0.1) is 0 Å². The maximum Gasteiger partial charge on any atom is 0.160 e.